The van der Waals surface area contributed by atoms with Crippen LogP contribution in [0.15, 0.2) is 11.1 Å². The fraction of sp³-hybridized carbons (Fsp3) is 0.632. The van der Waals surface area contributed by atoms with Gasteiger partial charge in [-0.1, -0.05) is 13.8 Å². The van der Waals surface area contributed by atoms with Crippen molar-refractivity contribution in [3.63, 3.8) is 0 Å². The third-order valence-electron chi connectivity index (χ3n) is 5.72. The van der Waals surface area contributed by atoms with Gasteiger partial charge in [0.05, 0.1) is 11.7 Å². The van der Waals surface area contributed by atoms with E-state index in [-0.39, 0.29) is 18.0 Å². The molecule has 0 unspecified atom stereocenters. The molecule has 25 heavy (non-hydrogen) atoms. The van der Waals surface area contributed by atoms with E-state index in [0.717, 1.165) is 55.4 Å². The second kappa shape index (κ2) is 6.56. The SMILES string of the molecule is CC1CCN(C(=O)Cn2cnc3sc4c(c3c2=O)CC[C@H](C)C4)CC1. The number of aryl methyl sites for hydroxylation is 1. The number of piperidine rings is 1. The molecular weight excluding hydrogens is 334 g/mol. The summed E-state index contributed by atoms with van der Waals surface area (Å²) in [5.74, 6) is 1.39. The van der Waals surface area contributed by atoms with Crippen LogP contribution in [0.1, 0.15) is 43.6 Å². The molecule has 6 heteroatoms. The Hall–Kier alpha value is -1.69. The normalized spacial score (nSPS) is 21.5. The zero-order chi connectivity index (χ0) is 17.6. The van der Waals surface area contributed by atoms with Crippen LogP contribution in [0.25, 0.3) is 10.2 Å². The fourth-order valence-electron chi connectivity index (χ4n) is 3.98. The van der Waals surface area contributed by atoms with Gasteiger partial charge in [0, 0.05) is 18.0 Å². The Morgan fingerprint density at radius 3 is 2.76 bits per heavy atom. The lowest BCUT2D eigenvalue weighted by molar-refractivity contribution is -0.133. The zero-order valence-corrected chi connectivity index (χ0v) is 15.8. The molecule has 0 bridgehead atoms. The molecule has 1 amide bonds. The maximum absolute atomic E-state index is 13.0. The maximum atomic E-state index is 13.0. The van der Waals surface area contributed by atoms with Gasteiger partial charge in [-0.2, -0.15) is 0 Å². The van der Waals surface area contributed by atoms with Crippen LogP contribution in [0.2, 0.25) is 0 Å². The quantitative estimate of drug-likeness (QED) is 0.828. The Morgan fingerprint density at radius 1 is 1.24 bits per heavy atom. The lowest BCUT2D eigenvalue weighted by Crippen LogP contribution is -2.41. The molecule has 0 aromatic carbocycles. The van der Waals surface area contributed by atoms with Gasteiger partial charge in [0.2, 0.25) is 5.91 Å². The van der Waals surface area contributed by atoms with Crippen molar-refractivity contribution in [3.8, 4) is 0 Å². The molecule has 1 fully saturated rings. The van der Waals surface area contributed by atoms with Crippen molar-refractivity contribution in [2.24, 2.45) is 11.8 Å². The van der Waals surface area contributed by atoms with E-state index in [2.05, 4.69) is 18.8 Å². The minimum absolute atomic E-state index is 0.0351. The Labute approximate surface area is 151 Å². The number of nitrogens with zero attached hydrogens (tertiary/aromatic N) is 3. The number of carbonyl (C=O) groups is 1. The fourth-order valence-corrected chi connectivity index (χ4v) is 5.32. The van der Waals surface area contributed by atoms with Gasteiger partial charge in [-0.05, 0) is 49.5 Å². The molecule has 0 radical (unpaired) electrons. The molecular formula is C19H25N3O2S. The highest BCUT2D eigenvalue weighted by Gasteiger charge is 2.25. The smallest absolute Gasteiger partial charge is 0.262 e. The van der Waals surface area contributed by atoms with Crippen LogP contribution in [0.3, 0.4) is 0 Å². The van der Waals surface area contributed by atoms with Crippen LogP contribution in [0.5, 0.6) is 0 Å². The van der Waals surface area contributed by atoms with Crippen molar-refractivity contribution in [2.45, 2.75) is 52.5 Å². The highest BCUT2D eigenvalue weighted by Crippen LogP contribution is 2.35. The topological polar surface area (TPSA) is 55.2 Å². The van der Waals surface area contributed by atoms with Crippen LogP contribution in [0.4, 0.5) is 0 Å². The summed E-state index contributed by atoms with van der Waals surface area (Å²) in [6.45, 7) is 6.20. The first-order valence-electron chi connectivity index (χ1n) is 9.30. The van der Waals surface area contributed by atoms with Gasteiger partial charge in [-0.15, -0.1) is 11.3 Å². The van der Waals surface area contributed by atoms with E-state index in [0.29, 0.717) is 11.8 Å². The highest BCUT2D eigenvalue weighted by molar-refractivity contribution is 7.18. The number of likely N-dealkylation sites (tertiary alicyclic amines) is 1. The Kier molecular flexibility index (Phi) is 4.40. The third-order valence-corrected chi connectivity index (χ3v) is 6.89. The second-order valence-electron chi connectivity index (χ2n) is 7.77. The molecule has 0 spiro atoms. The van der Waals surface area contributed by atoms with Crippen molar-refractivity contribution in [1.82, 2.24) is 14.5 Å². The molecule has 0 N–H and O–H groups in total. The summed E-state index contributed by atoms with van der Waals surface area (Å²) in [4.78, 5) is 34.1. The first-order chi connectivity index (χ1) is 12.0. The van der Waals surface area contributed by atoms with Gasteiger partial charge in [-0.25, -0.2) is 4.98 Å². The summed E-state index contributed by atoms with van der Waals surface area (Å²) < 4.78 is 1.51. The van der Waals surface area contributed by atoms with E-state index in [1.807, 2.05) is 4.90 Å². The molecule has 2 aromatic heterocycles. The van der Waals surface area contributed by atoms with Gasteiger partial charge in [-0.3, -0.25) is 14.2 Å². The monoisotopic (exact) mass is 359 g/mol. The number of hydrogen-bond donors (Lipinski definition) is 0. The average Bonchev–Trinajstić information content (AvgIpc) is 2.96. The van der Waals surface area contributed by atoms with Crippen LogP contribution < -0.4 is 5.56 Å². The van der Waals surface area contributed by atoms with Crippen LogP contribution in [-0.4, -0.2) is 33.4 Å². The summed E-state index contributed by atoms with van der Waals surface area (Å²) >= 11 is 1.65. The van der Waals surface area contributed by atoms with Gasteiger partial charge in [0.15, 0.2) is 0 Å². The molecule has 5 nitrogen and oxygen atoms in total. The average molecular weight is 359 g/mol. The van der Waals surface area contributed by atoms with Crippen LogP contribution in [-0.2, 0) is 24.2 Å². The Morgan fingerprint density at radius 2 is 2.00 bits per heavy atom. The number of carbonyl (C=O) groups excluding carboxylic acids is 1. The summed E-state index contributed by atoms with van der Waals surface area (Å²) in [7, 11) is 0. The molecule has 1 atom stereocenters. The number of fused-ring (bicyclic) bond motifs is 3. The van der Waals surface area contributed by atoms with Crippen molar-refractivity contribution in [3.05, 3.63) is 27.1 Å². The first kappa shape index (κ1) is 16.8. The number of aromatic nitrogens is 2. The first-order valence-corrected chi connectivity index (χ1v) is 10.1. The van der Waals surface area contributed by atoms with E-state index in [9.17, 15) is 9.59 Å². The predicted octanol–water partition coefficient (Wildman–Crippen LogP) is 2.84. The molecule has 1 aliphatic heterocycles. The molecule has 1 aliphatic carbocycles. The Bertz CT molecular complexity index is 861. The number of rotatable bonds is 2. The summed E-state index contributed by atoms with van der Waals surface area (Å²) in [5.41, 5.74) is 1.14. The van der Waals surface area contributed by atoms with Crippen molar-refractivity contribution < 1.29 is 4.79 Å². The van der Waals surface area contributed by atoms with Crippen molar-refractivity contribution in [2.75, 3.05) is 13.1 Å². The largest absolute Gasteiger partial charge is 0.341 e. The lowest BCUT2D eigenvalue weighted by atomic mass is 9.89. The lowest BCUT2D eigenvalue weighted by Gasteiger charge is -2.30. The minimum Gasteiger partial charge on any atom is -0.341 e. The van der Waals surface area contributed by atoms with Crippen molar-refractivity contribution in [1.29, 1.82) is 0 Å². The molecule has 4 rings (SSSR count). The van der Waals surface area contributed by atoms with Crippen LogP contribution >= 0.6 is 11.3 Å². The highest BCUT2D eigenvalue weighted by atomic mass is 32.1. The maximum Gasteiger partial charge on any atom is 0.262 e. The second-order valence-corrected chi connectivity index (χ2v) is 8.86. The molecule has 0 saturated carbocycles. The molecule has 2 aliphatic rings. The van der Waals surface area contributed by atoms with Gasteiger partial charge in [0.25, 0.3) is 5.56 Å². The number of thiophene rings is 1. The molecule has 134 valence electrons. The minimum atomic E-state index is -0.0456. The van der Waals surface area contributed by atoms with Gasteiger partial charge in [0.1, 0.15) is 11.4 Å². The summed E-state index contributed by atoms with van der Waals surface area (Å²) in [6, 6.07) is 0. The summed E-state index contributed by atoms with van der Waals surface area (Å²) in [6.07, 6.45) is 6.77. The van der Waals surface area contributed by atoms with Gasteiger partial charge < -0.3 is 4.90 Å². The standard InChI is InChI=1S/C19H25N3O2S/c1-12-5-7-21(8-6-12)16(23)10-22-11-20-18-17(19(22)24)14-4-3-13(2)9-15(14)25-18/h11-13H,3-10H2,1-2H3/t13-/m0/s1. The summed E-state index contributed by atoms with van der Waals surface area (Å²) in [5, 5.41) is 0.759. The zero-order valence-electron chi connectivity index (χ0n) is 15.0. The van der Waals surface area contributed by atoms with Gasteiger partial charge >= 0.3 is 0 Å². The van der Waals surface area contributed by atoms with E-state index in [1.54, 1.807) is 17.7 Å². The van der Waals surface area contributed by atoms with E-state index in [1.165, 1.54) is 15.0 Å². The molecule has 2 aromatic rings. The molecule has 3 heterocycles. The number of amides is 1. The van der Waals surface area contributed by atoms with Crippen molar-refractivity contribution >= 4 is 27.5 Å². The van der Waals surface area contributed by atoms with E-state index in [4.69, 9.17) is 0 Å². The molecule has 1 saturated heterocycles. The number of hydrogen-bond acceptors (Lipinski definition) is 4. The van der Waals surface area contributed by atoms with E-state index >= 15 is 0 Å². The predicted molar refractivity (Wildman–Crippen MR) is 100 cm³/mol. The third kappa shape index (κ3) is 3.12. The van der Waals surface area contributed by atoms with Crippen LogP contribution in [0, 0.1) is 11.8 Å². The Balaban J connectivity index is 1.61. The van der Waals surface area contributed by atoms with E-state index < -0.39 is 0 Å².